The highest BCUT2D eigenvalue weighted by molar-refractivity contribution is 5.25. The molecule has 0 N–H and O–H groups in total. The normalized spacial score (nSPS) is 18.4. The third-order valence-corrected chi connectivity index (χ3v) is 5.51. The van der Waals surface area contributed by atoms with Crippen LogP contribution in [0.5, 0.6) is 0 Å². The van der Waals surface area contributed by atoms with Crippen LogP contribution in [0.25, 0.3) is 0 Å². The summed E-state index contributed by atoms with van der Waals surface area (Å²) < 4.78 is 2.02. The standard InChI is InChI=1S/C19H30N6/c1-5-19(3,4)25-18(20-21-22-25)17(16-10-8-7-9-11-16)24-14-12-23(6-2)13-15-24/h7-11,17H,5-6,12-15H2,1-4H3. The number of likely N-dealkylation sites (N-methyl/N-ethyl adjacent to an activating group) is 1. The molecule has 2 heterocycles. The third-order valence-electron chi connectivity index (χ3n) is 5.51. The van der Waals surface area contributed by atoms with Crippen LogP contribution in [0.15, 0.2) is 30.3 Å². The first-order chi connectivity index (χ1) is 12.1. The average Bonchev–Trinajstić information content (AvgIpc) is 3.14. The number of piperazine rings is 1. The zero-order chi connectivity index (χ0) is 17.9. The summed E-state index contributed by atoms with van der Waals surface area (Å²) in [5, 5.41) is 12.9. The first kappa shape index (κ1) is 18.0. The van der Waals surface area contributed by atoms with E-state index < -0.39 is 0 Å². The van der Waals surface area contributed by atoms with E-state index in [1.165, 1.54) is 5.56 Å². The lowest BCUT2D eigenvalue weighted by atomic mass is 9.99. The number of benzene rings is 1. The summed E-state index contributed by atoms with van der Waals surface area (Å²) in [5.74, 6) is 0.947. The Morgan fingerprint density at radius 3 is 2.32 bits per heavy atom. The van der Waals surface area contributed by atoms with Gasteiger partial charge in [-0.3, -0.25) is 4.90 Å². The molecule has 136 valence electrons. The van der Waals surface area contributed by atoms with Crippen molar-refractivity contribution < 1.29 is 0 Å². The van der Waals surface area contributed by atoms with Gasteiger partial charge in [0.2, 0.25) is 0 Å². The molecule has 25 heavy (non-hydrogen) atoms. The van der Waals surface area contributed by atoms with Crippen molar-refractivity contribution in [2.24, 2.45) is 0 Å². The summed E-state index contributed by atoms with van der Waals surface area (Å²) in [5.41, 5.74) is 1.16. The number of hydrogen-bond donors (Lipinski definition) is 0. The molecule has 1 aliphatic heterocycles. The Labute approximate surface area is 150 Å². The molecule has 1 aliphatic rings. The first-order valence-electron chi connectivity index (χ1n) is 9.37. The van der Waals surface area contributed by atoms with E-state index in [1.54, 1.807) is 0 Å². The molecule has 1 fully saturated rings. The molecule has 2 aromatic rings. The molecular formula is C19H30N6. The van der Waals surface area contributed by atoms with Crippen molar-refractivity contribution in [1.82, 2.24) is 30.0 Å². The Kier molecular flexibility index (Phi) is 5.49. The van der Waals surface area contributed by atoms with Gasteiger partial charge in [0.15, 0.2) is 5.82 Å². The highest BCUT2D eigenvalue weighted by Crippen LogP contribution is 2.31. The average molecular weight is 342 g/mol. The lowest BCUT2D eigenvalue weighted by Crippen LogP contribution is -2.48. The maximum atomic E-state index is 4.47. The van der Waals surface area contributed by atoms with Gasteiger partial charge < -0.3 is 4.90 Å². The van der Waals surface area contributed by atoms with Crippen molar-refractivity contribution in [3.05, 3.63) is 41.7 Å². The smallest absolute Gasteiger partial charge is 0.173 e. The van der Waals surface area contributed by atoms with Crippen LogP contribution in [0.4, 0.5) is 0 Å². The van der Waals surface area contributed by atoms with Gasteiger partial charge in [-0.05, 0) is 42.8 Å². The van der Waals surface area contributed by atoms with E-state index >= 15 is 0 Å². The van der Waals surface area contributed by atoms with Gasteiger partial charge in [-0.1, -0.05) is 44.2 Å². The Hall–Kier alpha value is -1.79. The Morgan fingerprint density at radius 2 is 1.72 bits per heavy atom. The molecular weight excluding hydrogens is 312 g/mol. The van der Waals surface area contributed by atoms with Gasteiger partial charge in [0.25, 0.3) is 0 Å². The molecule has 3 rings (SSSR count). The number of aromatic nitrogens is 4. The van der Waals surface area contributed by atoms with Gasteiger partial charge in [0.1, 0.15) is 0 Å². The van der Waals surface area contributed by atoms with Crippen molar-refractivity contribution in [2.45, 2.75) is 45.7 Å². The second-order valence-corrected chi connectivity index (χ2v) is 7.40. The van der Waals surface area contributed by atoms with E-state index in [4.69, 9.17) is 0 Å². The molecule has 1 aromatic heterocycles. The van der Waals surface area contributed by atoms with E-state index in [0.29, 0.717) is 0 Å². The molecule has 0 radical (unpaired) electrons. The molecule has 6 heteroatoms. The predicted octanol–water partition coefficient (Wildman–Crippen LogP) is 2.55. The maximum absolute atomic E-state index is 4.47. The van der Waals surface area contributed by atoms with Gasteiger partial charge in [0, 0.05) is 26.2 Å². The lowest BCUT2D eigenvalue weighted by Gasteiger charge is -2.39. The van der Waals surface area contributed by atoms with Crippen molar-refractivity contribution >= 4 is 0 Å². The van der Waals surface area contributed by atoms with Crippen LogP contribution in [0.3, 0.4) is 0 Å². The highest BCUT2D eigenvalue weighted by atomic mass is 15.6. The summed E-state index contributed by atoms with van der Waals surface area (Å²) in [7, 11) is 0. The molecule has 1 saturated heterocycles. The summed E-state index contributed by atoms with van der Waals surface area (Å²) in [6, 6.07) is 10.7. The van der Waals surface area contributed by atoms with Crippen molar-refractivity contribution in [3.8, 4) is 0 Å². The molecule has 0 amide bonds. The summed E-state index contributed by atoms with van der Waals surface area (Å²) in [4.78, 5) is 5.02. The minimum Gasteiger partial charge on any atom is -0.301 e. The lowest BCUT2D eigenvalue weighted by molar-refractivity contribution is 0.105. The predicted molar refractivity (Wildman–Crippen MR) is 99.4 cm³/mol. The molecule has 0 spiro atoms. The largest absolute Gasteiger partial charge is 0.301 e. The molecule has 1 aromatic carbocycles. The topological polar surface area (TPSA) is 50.1 Å². The highest BCUT2D eigenvalue weighted by Gasteiger charge is 2.33. The number of rotatable bonds is 6. The SMILES string of the molecule is CCN1CCN(C(c2ccccc2)c2nnnn2C(C)(C)CC)CC1. The zero-order valence-corrected chi connectivity index (χ0v) is 15.9. The maximum Gasteiger partial charge on any atom is 0.173 e. The fourth-order valence-electron chi connectivity index (χ4n) is 3.44. The Balaban J connectivity index is 1.98. The van der Waals surface area contributed by atoms with E-state index in [-0.39, 0.29) is 11.6 Å². The molecule has 6 nitrogen and oxygen atoms in total. The quantitative estimate of drug-likeness (QED) is 0.807. The number of hydrogen-bond acceptors (Lipinski definition) is 5. The second-order valence-electron chi connectivity index (χ2n) is 7.40. The van der Waals surface area contributed by atoms with Crippen molar-refractivity contribution in [2.75, 3.05) is 32.7 Å². The summed E-state index contributed by atoms with van der Waals surface area (Å²) in [6.45, 7) is 14.2. The van der Waals surface area contributed by atoms with E-state index in [2.05, 4.69) is 83.4 Å². The second kappa shape index (κ2) is 7.62. The van der Waals surface area contributed by atoms with E-state index in [0.717, 1.165) is 45.0 Å². The third kappa shape index (κ3) is 3.75. The van der Waals surface area contributed by atoms with E-state index in [1.807, 2.05) is 4.68 Å². The number of nitrogens with zero attached hydrogens (tertiary/aromatic N) is 6. The molecule has 1 atom stereocenters. The number of tetrazole rings is 1. The van der Waals surface area contributed by atoms with Crippen molar-refractivity contribution in [3.63, 3.8) is 0 Å². The van der Waals surface area contributed by atoms with Crippen LogP contribution in [0, 0.1) is 0 Å². The van der Waals surface area contributed by atoms with Gasteiger partial charge >= 0.3 is 0 Å². The fourth-order valence-corrected chi connectivity index (χ4v) is 3.44. The fraction of sp³-hybridized carbons (Fsp3) is 0.632. The summed E-state index contributed by atoms with van der Waals surface area (Å²) >= 11 is 0. The minimum absolute atomic E-state index is 0.0982. The molecule has 1 unspecified atom stereocenters. The molecule has 0 aliphatic carbocycles. The van der Waals surface area contributed by atoms with Gasteiger partial charge in [-0.25, -0.2) is 4.68 Å². The van der Waals surface area contributed by atoms with E-state index in [9.17, 15) is 0 Å². The van der Waals surface area contributed by atoms with Gasteiger partial charge in [-0.2, -0.15) is 0 Å². The molecule has 0 saturated carbocycles. The Bertz CT molecular complexity index is 658. The van der Waals surface area contributed by atoms with Crippen molar-refractivity contribution in [1.29, 1.82) is 0 Å². The van der Waals surface area contributed by atoms with Crippen LogP contribution in [0.1, 0.15) is 51.5 Å². The van der Waals surface area contributed by atoms with Crippen LogP contribution in [-0.4, -0.2) is 62.7 Å². The summed E-state index contributed by atoms with van der Waals surface area (Å²) in [6.07, 6.45) is 0.982. The van der Waals surface area contributed by atoms with Crippen LogP contribution in [-0.2, 0) is 5.54 Å². The monoisotopic (exact) mass is 342 g/mol. The Morgan fingerprint density at radius 1 is 1.04 bits per heavy atom. The molecule has 0 bridgehead atoms. The first-order valence-corrected chi connectivity index (χ1v) is 9.37. The van der Waals surface area contributed by atoms with Gasteiger partial charge in [-0.15, -0.1) is 5.10 Å². The minimum atomic E-state index is -0.100. The van der Waals surface area contributed by atoms with Crippen LogP contribution in [0.2, 0.25) is 0 Å². The van der Waals surface area contributed by atoms with Gasteiger partial charge in [0.05, 0.1) is 11.6 Å². The van der Waals surface area contributed by atoms with Crippen LogP contribution < -0.4 is 0 Å². The zero-order valence-electron chi connectivity index (χ0n) is 15.9. The van der Waals surface area contributed by atoms with Crippen LogP contribution >= 0.6 is 0 Å².